The molecule has 1 heterocycles. The Morgan fingerprint density at radius 2 is 2.47 bits per heavy atom. The average Bonchev–Trinajstić information content (AvgIpc) is 2.88. The molecule has 3 heteroatoms. The van der Waals surface area contributed by atoms with Crippen LogP contribution >= 0.6 is 11.3 Å². The summed E-state index contributed by atoms with van der Waals surface area (Å²) in [6, 6.07) is 3.74. The monoisotopic (exact) mass is 219 g/mol. The SMILES string of the molecule is C#CCN(CC1CC1)C(=O)c1cccs1. The number of thiophene rings is 1. The van der Waals surface area contributed by atoms with Gasteiger partial charge in [0.1, 0.15) is 0 Å². The molecule has 2 rings (SSSR count). The van der Waals surface area contributed by atoms with Gasteiger partial charge in [0.05, 0.1) is 11.4 Å². The molecule has 1 aromatic heterocycles. The number of hydrogen-bond donors (Lipinski definition) is 0. The Morgan fingerprint density at radius 3 is 3.00 bits per heavy atom. The fraction of sp³-hybridized carbons (Fsp3) is 0.417. The first-order chi connectivity index (χ1) is 7.31. The molecule has 1 amide bonds. The number of carbonyl (C=O) groups excluding carboxylic acids is 1. The lowest BCUT2D eigenvalue weighted by molar-refractivity contribution is 0.0774. The summed E-state index contributed by atoms with van der Waals surface area (Å²) in [6.45, 7) is 1.24. The van der Waals surface area contributed by atoms with E-state index in [1.165, 1.54) is 24.2 Å². The number of amides is 1. The Morgan fingerprint density at radius 1 is 1.67 bits per heavy atom. The molecule has 78 valence electrons. The van der Waals surface area contributed by atoms with Crippen LogP contribution in [-0.4, -0.2) is 23.9 Å². The zero-order chi connectivity index (χ0) is 10.7. The summed E-state index contributed by atoms with van der Waals surface area (Å²) in [5.41, 5.74) is 0. The summed E-state index contributed by atoms with van der Waals surface area (Å²) < 4.78 is 0. The largest absolute Gasteiger partial charge is 0.327 e. The first-order valence-electron chi connectivity index (χ1n) is 5.07. The summed E-state index contributed by atoms with van der Waals surface area (Å²) in [5.74, 6) is 3.31. The van der Waals surface area contributed by atoms with Gasteiger partial charge >= 0.3 is 0 Å². The van der Waals surface area contributed by atoms with Crippen LogP contribution in [0.25, 0.3) is 0 Å². The van der Waals surface area contributed by atoms with Crippen LogP contribution in [0.4, 0.5) is 0 Å². The molecule has 1 aromatic rings. The standard InChI is InChI=1S/C12H13NOS/c1-2-7-13(9-10-5-6-10)12(14)11-4-3-8-15-11/h1,3-4,8,10H,5-7,9H2. The second-order valence-electron chi connectivity index (χ2n) is 3.81. The summed E-state index contributed by atoms with van der Waals surface area (Å²) in [4.78, 5) is 14.6. The summed E-state index contributed by atoms with van der Waals surface area (Å²) in [7, 11) is 0. The molecule has 0 saturated heterocycles. The lowest BCUT2D eigenvalue weighted by Gasteiger charge is -2.18. The van der Waals surface area contributed by atoms with Crippen molar-refractivity contribution in [2.45, 2.75) is 12.8 Å². The van der Waals surface area contributed by atoms with E-state index in [9.17, 15) is 4.79 Å². The fourth-order valence-electron chi connectivity index (χ4n) is 1.50. The third-order valence-corrected chi connectivity index (χ3v) is 3.33. The Bertz CT molecular complexity index is 373. The van der Waals surface area contributed by atoms with Crippen molar-refractivity contribution in [3.63, 3.8) is 0 Å². The van der Waals surface area contributed by atoms with Gasteiger partial charge in [0, 0.05) is 6.54 Å². The first-order valence-corrected chi connectivity index (χ1v) is 5.95. The number of nitrogens with zero attached hydrogens (tertiary/aromatic N) is 1. The maximum Gasteiger partial charge on any atom is 0.264 e. The summed E-state index contributed by atoms with van der Waals surface area (Å²) in [6.07, 6.45) is 7.75. The first kappa shape index (κ1) is 10.3. The smallest absolute Gasteiger partial charge is 0.264 e. The van der Waals surface area contributed by atoms with E-state index >= 15 is 0 Å². The van der Waals surface area contributed by atoms with Crippen LogP contribution in [0.15, 0.2) is 17.5 Å². The van der Waals surface area contributed by atoms with Gasteiger partial charge in [0.2, 0.25) is 0 Å². The van der Waals surface area contributed by atoms with Gasteiger partial charge in [-0.05, 0) is 30.2 Å². The van der Waals surface area contributed by atoms with Crippen LogP contribution in [0.1, 0.15) is 22.5 Å². The molecule has 0 aromatic carbocycles. The Kier molecular flexibility index (Phi) is 3.08. The van der Waals surface area contributed by atoms with E-state index in [4.69, 9.17) is 6.42 Å². The molecule has 2 nitrogen and oxygen atoms in total. The molecule has 0 spiro atoms. The highest BCUT2D eigenvalue weighted by molar-refractivity contribution is 7.12. The second-order valence-corrected chi connectivity index (χ2v) is 4.76. The van der Waals surface area contributed by atoms with Crippen LogP contribution < -0.4 is 0 Å². The van der Waals surface area contributed by atoms with E-state index in [1.807, 2.05) is 17.5 Å². The predicted molar refractivity (Wildman–Crippen MR) is 61.8 cm³/mol. The third kappa shape index (κ3) is 2.60. The van der Waals surface area contributed by atoms with Gasteiger partial charge in [-0.15, -0.1) is 17.8 Å². The Balaban J connectivity index is 2.03. The number of rotatable bonds is 4. The van der Waals surface area contributed by atoms with Crippen molar-refractivity contribution in [2.24, 2.45) is 5.92 Å². The van der Waals surface area contributed by atoms with Crippen molar-refractivity contribution in [3.05, 3.63) is 22.4 Å². The molecule has 1 fully saturated rings. The molecular formula is C12H13NOS. The lowest BCUT2D eigenvalue weighted by atomic mass is 10.3. The number of terminal acetylenes is 1. The van der Waals surface area contributed by atoms with Gasteiger partial charge in [-0.3, -0.25) is 4.79 Å². The van der Waals surface area contributed by atoms with Crippen LogP contribution in [-0.2, 0) is 0 Å². The molecular weight excluding hydrogens is 206 g/mol. The molecule has 0 bridgehead atoms. The molecule has 0 radical (unpaired) electrons. The molecule has 0 atom stereocenters. The Hall–Kier alpha value is -1.27. The Labute approximate surface area is 93.9 Å². The maximum atomic E-state index is 12.0. The van der Waals surface area contributed by atoms with Gasteiger partial charge in [0.25, 0.3) is 5.91 Å². The molecule has 1 saturated carbocycles. The zero-order valence-corrected chi connectivity index (χ0v) is 9.30. The number of hydrogen-bond acceptors (Lipinski definition) is 2. The summed E-state index contributed by atoms with van der Waals surface area (Å²) >= 11 is 1.47. The van der Waals surface area contributed by atoms with Crippen molar-refractivity contribution in [1.82, 2.24) is 4.90 Å². The van der Waals surface area contributed by atoms with Crippen molar-refractivity contribution < 1.29 is 4.79 Å². The van der Waals surface area contributed by atoms with E-state index < -0.39 is 0 Å². The van der Waals surface area contributed by atoms with Crippen LogP contribution in [0.2, 0.25) is 0 Å². The van der Waals surface area contributed by atoms with E-state index in [0.717, 1.165) is 11.4 Å². The van der Waals surface area contributed by atoms with Gasteiger partial charge in [-0.2, -0.15) is 0 Å². The molecule has 1 aliphatic carbocycles. The van der Waals surface area contributed by atoms with Gasteiger partial charge in [0.15, 0.2) is 0 Å². The molecule has 1 aliphatic rings. The summed E-state index contributed by atoms with van der Waals surface area (Å²) in [5, 5.41) is 1.92. The van der Waals surface area contributed by atoms with Gasteiger partial charge < -0.3 is 4.90 Å². The molecule has 0 N–H and O–H groups in total. The van der Waals surface area contributed by atoms with Crippen molar-refractivity contribution in [3.8, 4) is 12.3 Å². The quantitative estimate of drug-likeness (QED) is 0.711. The predicted octanol–water partition coefficient (Wildman–Crippen LogP) is 2.23. The highest BCUT2D eigenvalue weighted by atomic mass is 32.1. The minimum absolute atomic E-state index is 0.0786. The van der Waals surface area contributed by atoms with Crippen LogP contribution in [0.5, 0.6) is 0 Å². The minimum atomic E-state index is 0.0786. The average molecular weight is 219 g/mol. The molecule has 0 aliphatic heterocycles. The molecule has 15 heavy (non-hydrogen) atoms. The highest BCUT2D eigenvalue weighted by Crippen LogP contribution is 2.30. The number of carbonyl (C=O) groups is 1. The van der Waals surface area contributed by atoms with E-state index in [-0.39, 0.29) is 5.91 Å². The van der Waals surface area contributed by atoms with E-state index in [2.05, 4.69) is 5.92 Å². The zero-order valence-electron chi connectivity index (χ0n) is 8.48. The van der Waals surface area contributed by atoms with Crippen molar-refractivity contribution in [1.29, 1.82) is 0 Å². The van der Waals surface area contributed by atoms with E-state index in [1.54, 1.807) is 4.90 Å². The maximum absolute atomic E-state index is 12.0. The molecule has 0 unspecified atom stereocenters. The topological polar surface area (TPSA) is 20.3 Å². The fourth-order valence-corrected chi connectivity index (χ4v) is 2.19. The highest BCUT2D eigenvalue weighted by Gasteiger charge is 2.27. The van der Waals surface area contributed by atoms with E-state index in [0.29, 0.717) is 12.5 Å². The lowest BCUT2D eigenvalue weighted by Crippen LogP contribution is -2.32. The van der Waals surface area contributed by atoms with Crippen molar-refractivity contribution in [2.75, 3.05) is 13.1 Å². The minimum Gasteiger partial charge on any atom is -0.327 e. The normalized spacial score (nSPS) is 14.6. The second kappa shape index (κ2) is 4.50. The third-order valence-electron chi connectivity index (χ3n) is 2.48. The van der Waals surface area contributed by atoms with Crippen molar-refractivity contribution >= 4 is 17.2 Å². The van der Waals surface area contributed by atoms with Crippen LogP contribution in [0.3, 0.4) is 0 Å². The van der Waals surface area contributed by atoms with Crippen LogP contribution in [0, 0.1) is 18.3 Å². The van der Waals surface area contributed by atoms with Gasteiger partial charge in [-0.25, -0.2) is 0 Å². The van der Waals surface area contributed by atoms with Gasteiger partial charge in [-0.1, -0.05) is 12.0 Å².